The summed E-state index contributed by atoms with van der Waals surface area (Å²) in [7, 11) is 0. The van der Waals surface area contributed by atoms with E-state index in [0.717, 1.165) is 12.0 Å². The SMILES string of the molecule is CC(=CC1CC1)CC1CCCCN1. The largest absolute Gasteiger partial charge is 0.314 e. The van der Waals surface area contributed by atoms with E-state index in [9.17, 15) is 0 Å². The smallest absolute Gasteiger partial charge is 0.0104 e. The maximum Gasteiger partial charge on any atom is 0.0104 e. The molecule has 74 valence electrons. The van der Waals surface area contributed by atoms with Gasteiger partial charge in [-0.25, -0.2) is 0 Å². The van der Waals surface area contributed by atoms with Gasteiger partial charge in [-0.15, -0.1) is 0 Å². The van der Waals surface area contributed by atoms with Crippen LogP contribution in [0.1, 0.15) is 45.4 Å². The molecule has 0 aromatic rings. The number of rotatable bonds is 3. The molecule has 1 unspecified atom stereocenters. The van der Waals surface area contributed by atoms with Gasteiger partial charge in [-0.1, -0.05) is 18.1 Å². The molecule has 2 rings (SSSR count). The van der Waals surface area contributed by atoms with E-state index in [4.69, 9.17) is 0 Å². The van der Waals surface area contributed by atoms with E-state index < -0.39 is 0 Å². The van der Waals surface area contributed by atoms with E-state index in [0.29, 0.717) is 0 Å². The summed E-state index contributed by atoms with van der Waals surface area (Å²) in [6.45, 7) is 3.54. The summed E-state index contributed by atoms with van der Waals surface area (Å²) in [6, 6.07) is 0.781. The average Bonchev–Trinajstić information content (AvgIpc) is 2.90. The molecule has 0 amide bonds. The van der Waals surface area contributed by atoms with Crippen LogP contribution in [-0.4, -0.2) is 12.6 Å². The second kappa shape index (κ2) is 4.28. The van der Waals surface area contributed by atoms with Gasteiger partial charge in [-0.3, -0.25) is 0 Å². The third kappa shape index (κ3) is 3.15. The van der Waals surface area contributed by atoms with Gasteiger partial charge in [-0.05, 0) is 51.5 Å². The lowest BCUT2D eigenvalue weighted by Crippen LogP contribution is -2.33. The van der Waals surface area contributed by atoms with Gasteiger partial charge in [-0.2, -0.15) is 0 Å². The average molecular weight is 179 g/mol. The number of piperidine rings is 1. The summed E-state index contributed by atoms with van der Waals surface area (Å²) < 4.78 is 0. The van der Waals surface area contributed by atoms with Crippen molar-refractivity contribution in [2.24, 2.45) is 5.92 Å². The fourth-order valence-electron chi connectivity index (χ4n) is 2.22. The van der Waals surface area contributed by atoms with Crippen LogP contribution in [0.15, 0.2) is 11.6 Å². The van der Waals surface area contributed by atoms with Crippen molar-refractivity contribution >= 4 is 0 Å². The molecule has 1 aliphatic carbocycles. The number of nitrogens with one attached hydrogen (secondary N) is 1. The third-order valence-electron chi connectivity index (χ3n) is 3.12. The number of hydrogen-bond acceptors (Lipinski definition) is 1. The van der Waals surface area contributed by atoms with Crippen LogP contribution in [0.3, 0.4) is 0 Å². The van der Waals surface area contributed by atoms with E-state index in [1.165, 1.54) is 45.1 Å². The van der Waals surface area contributed by atoms with Crippen molar-refractivity contribution in [2.45, 2.75) is 51.5 Å². The number of allylic oxidation sites excluding steroid dienone is 1. The lowest BCUT2D eigenvalue weighted by Gasteiger charge is -2.23. The molecule has 1 N–H and O–H groups in total. The molecule has 1 saturated heterocycles. The Labute approximate surface area is 81.6 Å². The van der Waals surface area contributed by atoms with Crippen LogP contribution in [0.4, 0.5) is 0 Å². The van der Waals surface area contributed by atoms with Crippen molar-refractivity contribution in [3.63, 3.8) is 0 Å². The van der Waals surface area contributed by atoms with Gasteiger partial charge in [0.15, 0.2) is 0 Å². The summed E-state index contributed by atoms with van der Waals surface area (Å²) in [6.07, 6.45) is 10.9. The molecule has 1 heterocycles. The van der Waals surface area contributed by atoms with Crippen molar-refractivity contribution in [3.05, 3.63) is 11.6 Å². The first-order valence-corrected chi connectivity index (χ1v) is 5.75. The highest BCUT2D eigenvalue weighted by Crippen LogP contribution is 2.32. The summed E-state index contributed by atoms with van der Waals surface area (Å²) in [5.41, 5.74) is 1.61. The highest BCUT2D eigenvalue weighted by Gasteiger charge is 2.19. The van der Waals surface area contributed by atoms with E-state index in [2.05, 4.69) is 18.3 Å². The summed E-state index contributed by atoms with van der Waals surface area (Å²) in [5, 5.41) is 3.60. The van der Waals surface area contributed by atoms with Crippen molar-refractivity contribution < 1.29 is 0 Å². The fraction of sp³-hybridized carbons (Fsp3) is 0.833. The molecule has 0 aromatic heterocycles. The standard InChI is InChI=1S/C12H21N/c1-10(8-11-5-6-11)9-12-4-2-3-7-13-12/h8,11-13H,2-7,9H2,1H3. The Bertz CT molecular complexity index is 185. The lowest BCUT2D eigenvalue weighted by molar-refractivity contribution is 0.398. The minimum absolute atomic E-state index is 0.781. The molecular weight excluding hydrogens is 158 g/mol. The van der Waals surface area contributed by atoms with Crippen molar-refractivity contribution in [1.82, 2.24) is 5.32 Å². The molecule has 0 radical (unpaired) electrons. The first-order chi connectivity index (χ1) is 6.34. The van der Waals surface area contributed by atoms with Gasteiger partial charge in [0.05, 0.1) is 0 Å². The summed E-state index contributed by atoms with van der Waals surface area (Å²) in [4.78, 5) is 0. The first-order valence-electron chi connectivity index (χ1n) is 5.75. The van der Waals surface area contributed by atoms with Crippen LogP contribution in [0, 0.1) is 5.92 Å². The molecule has 2 fully saturated rings. The molecule has 1 nitrogen and oxygen atoms in total. The Hall–Kier alpha value is -0.300. The molecule has 1 aliphatic heterocycles. The van der Waals surface area contributed by atoms with Crippen LogP contribution in [-0.2, 0) is 0 Å². The molecule has 1 saturated carbocycles. The molecule has 13 heavy (non-hydrogen) atoms. The molecule has 1 heteroatoms. The molecule has 0 bridgehead atoms. The second-order valence-electron chi connectivity index (χ2n) is 4.70. The van der Waals surface area contributed by atoms with Crippen molar-refractivity contribution in [2.75, 3.05) is 6.54 Å². The minimum atomic E-state index is 0.781. The first kappa shape index (κ1) is 9.26. The fourth-order valence-corrected chi connectivity index (χ4v) is 2.22. The molecular formula is C12H21N. The van der Waals surface area contributed by atoms with E-state index >= 15 is 0 Å². The van der Waals surface area contributed by atoms with Crippen molar-refractivity contribution in [1.29, 1.82) is 0 Å². The van der Waals surface area contributed by atoms with Crippen LogP contribution >= 0.6 is 0 Å². The minimum Gasteiger partial charge on any atom is -0.314 e. The van der Waals surface area contributed by atoms with Crippen molar-refractivity contribution in [3.8, 4) is 0 Å². The van der Waals surface area contributed by atoms with Crippen LogP contribution in [0.25, 0.3) is 0 Å². The van der Waals surface area contributed by atoms with Gasteiger partial charge < -0.3 is 5.32 Å². The van der Waals surface area contributed by atoms with E-state index in [-0.39, 0.29) is 0 Å². The highest BCUT2D eigenvalue weighted by atomic mass is 14.9. The molecule has 2 aliphatic rings. The Morgan fingerprint density at radius 3 is 2.77 bits per heavy atom. The third-order valence-corrected chi connectivity index (χ3v) is 3.12. The quantitative estimate of drug-likeness (QED) is 0.657. The van der Waals surface area contributed by atoms with E-state index in [1.807, 2.05) is 0 Å². The zero-order chi connectivity index (χ0) is 9.10. The topological polar surface area (TPSA) is 12.0 Å². The maximum atomic E-state index is 3.60. The zero-order valence-electron chi connectivity index (χ0n) is 8.68. The van der Waals surface area contributed by atoms with Gasteiger partial charge in [0.1, 0.15) is 0 Å². The zero-order valence-corrected chi connectivity index (χ0v) is 8.68. The predicted octanol–water partition coefficient (Wildman–Crippen LogP) is 2.87. The Morgan fingerprint density at radius 2 is 2.15 bits per heavy atom. The highest BCUT2D eigenvalue weighted by molar-refractivity contribution is 5.07. The van der Waals surface area contributed by atoms with Gasteiger partial charge >= 0.3 is 0 Å². The van der Waals surface area contributed by atoms with Gasteiger partial charge in [0.2, 0.25) is 0 Å². The number of hydrogen-bond donors (Lipinski definition) is 1. The molecule has 0 aromatic carbocycles. The summed E-state index contributed by atoms with van der Waals surface area (Å²) in [5.74, 6) is 0.948. The lowest BCUT2D eigenvalue weighted by atomic mass is 9.98. The Balaban J connectivity index is 1.74. The monoisotopic (exact) mass is 179 g/mol. The van der Waals surface area contributed by atoms with Crippen LogP contribution in [0.5, 0.6) is 0 Å². The van der Waals surface area contributed by atoms with E-state index in [1.54, 1.807) is 5.57 Å². The van der Waals surface area contributed by atoms with Crippen LogP contribution in [0.2, 0.25) is 0 Å². The van der Waals surface area contributed by atoms with Crippen LogP contribution < -0.4 is 5.32 Å². The molecule has 0 spiro atoms. The molecule has 1 atom stereocenters. The normalized spacial score (nSPS) is 30.5. The van der Waals surface area contributed by atoms with Gasteiger partial charge in [0, 0.05) is 6.04 Å². The Morgan fingerprint density at radius 1 is 1.31 bits per heavy atom. The maximum absolute atomic E-state index is 3.60. The summed E-state index contributed by atoms with van der Waals surface area (Å²) >= 11 is 0. The second-order valence-corrected chi connectivity index (χ2v) is 4.70. The Kier molecular flexibility index (Phi) is 3.05. The van der Waals surface area contributed by atoms with Gasteiger partial charge in [0.25, 0.3) is 0 Å². The predicted molar refractivity (Wildman–Crippen MR) is 56.7 cm³/mol.